The zero-order chi connectivity index (χ0) is 29.7. The van der Waals surface area contributed by atoms with Crippen LogP contribution in [0.25, 0.3) is 49.7 Å². The van der Waals surface area contributed by atoms with E-state index in [-0.39, 0.29) is 0 Å². The van der Waals surface area contributed by atoms with Crippen LogP contribution in [0.15, 0.2) is 170 Å². The van der Waals surface area contributed by atoms with Crippen LogP contribution in [0.3, 0.4) is 0 Å². The third-order valence-corrected chi connectivity index (χ3v) is 9.19. The zero-order valence-electron chi connectivity index (χ0n) is 24.8. The second-order valence-corrected chi connectivity index (χ2v) is 11.8. The Morgan fingerprint density at radius 1 is 0.400 bits per heavy atom. The SMILES string of the molecule is c1ccc(-c2ccc(N(c3ccccc3)c3ccc4c(c3)Cc3cc(-n5c6ccccc6c6ccccc65)ccc3-4)cc2)cc1. The molecule has 1 aliphatic carbocycles. The number of hydrogen-bond acceptors (Lipinski definition) is 1. The summed E-state index contributed by atoms with van der Waals surface area (Å²) < 4.78 is 2.41. The van der Waals surface area contributed by atoms with E-state index in [0.29, 0.717) is 0 Å². The highest BCUT2D eigenvalue weighted by atomic mass is 15.1. The van der Waals surface area contributed by atoms with Gasteiger partial charge < -0.3 is 9.47 Å². The van der Waals surface area contributed by atoms with Gasteiger partial charge in [-0.25, -0.2) is 0 Å². The van der Waals surface area contributed by atoms with Gasteiger partial charge in [-0.1, -0.05) is 109 Å². The molecule has 2 heteroatoms. The molecule has 1 heterocycles. The first-order valence-corrected chi connectivity index (χ1v) is 15.6. The summed E-state index contributed by atoms with van der Waals surface area (Å²) in [6.07, 6.45) is 0.916. The average Bonchev–Trinajstić information content (AvgIpc) is 3.64. The first-order chi connectivity index (χ1) is 22.3. The van der Waals surface area contributed by atoms with Crippen molar-refractivity contribution in [3.05, 3.63) is 181 Å². The van der Waals surface area contributed by atoms with Crippen LogP contribution in [-0.4, -0.2) is 4.57 Å². The number of anilines is 3. The van der Waals surface area contributed by atoms with Crippen molar-refractivity contribution in [2.24, 2.45) is 0 Å². The number of hydrogen-bond donors (Lipinski definition) is 0. The maximum absolute atomic E-state index is 2.41. The van der Waals surface area contributed by atoms with Crippen LogP contribution >= 0.6 is 0 Å². The normalized spacial score (nSPS) is 11.9. The minimum atomic E-state index is 0.916. The summed E-state index contributed by atoms with van der Waals surface area (Å²) in [4.78, 5) is 2.36. The van der Waals surface area contributed by atoms with Gasteiger partial charge in [-0.15, -0.1) is 0 Å². The van der Waals surface area contributed by atoms with Gasteiger partial charge in [0.2, 0.25) is 0 Å². The first-order valence-electron chi connectivity index (χ1n) is 15.6. The summed E-state index contributed by atoms with van der Waals surface area (Å²) in [6.45, 7) is 0. The summed E-state index contributed by atoms with van der Waals surface area (Å²) >= 11 is 0. The largest absolute Gasteiger partial charge is 0.310 e. The van der Waals surface area contributed by atoms with Gasteiger partial charge in [0.1, 0.15) is 0 Å². The van der Waals surface area contributed by atoms with E-state index in [2.05, 4.69) is 179 Å². The molecule has 0 atom stereocenters. The molecule has 7 aromatic carbocycles. The molecule has 0 spiro atoms. The van der Waals surface area contributed by atoms with E-state index in [1.165, 1.54) is 66.6 Å². The lowest BCUT2D eigenvalue weighted by molar-refractivity contribution is 1.16. The van der Waals surface area contributed by atoms with Gasteiger partial charge in [-0.05, 0) is 100 Å². The molecular formula is C43H30N2. The van der Waals surface area contributed by atoms with Gasteiger partial charge in [-0.2, -0.15) is 0 Å². The highest BCUT2D eigenvalue weighted by molar-refractivity contribution is 6.09. The van der Waals surface area contributed by atoms with Crippen LogP contribution in [0, 0.1) is 0 Å². The number of fused-ring (bicyclic) bond motifs is 6. The molecular weight excluding hydrogens is 544 g/mol. The van der Waals surface area contributed by atoms with E-state index in [1.807, 2.05) is 0 Å². The van der Waals surface area contributed by atoms with Crippen LogP contribution in [0.1, 0.15) is 11.1 Å². The van der Waals surface area contributed by atoms with E-state index >= 15 is 0 Å². The molecule has 0 radical (unpaired) electrons. The Morgan fingerprint density at radius 2 is 0.911 bits per heavy atom. The Hall–Kier alpha value is -5.86. The Kier molecular flexibility index (Phi) is 5.92. The second kappa shape index (κ2) is 10.4. The summed E-state index contributed by atoms with van der Waals surface area (Å²) in [7, 11) is 0. The molecule has 0 aliphatic heterocycles. The third-order valence-electron chi connectivity index (χ3n) is 9.19. The molecule has 0 amide bonds. The van der Waals surface area contributed by atoms with E-state index in [9.17, 15) is 0 Å². The summed E-state index contributed by atoms with van der Waals surface area (Å²) in [5.74, 6) is 0. The molecule has 45 heavy (non-hydrogen) atoms. The predicted octanol–water partition coefficient (Wildman–Crippen LogP) is 11.5. The fourth-order valence-electron chi connectivity index (χ4n) is 7.12. The van der Waals surface area contributed by atoms with Crippen molar-refractivity contribution < 1.29 is 0 Å². The van der Waals surface area contributed by atoms with Crippen molar-refractivity contribution in [3.63, 3.8) is 0 Å². The Bertz CT molecular complexity index is 2280. The molecule has 2 nitrogen and oxygen atoms in total. The molecule has 1 aromatic heterocycles. The molecule has 9 rings (SSSR count). The van der Waals surface area contributed by atoms with E-state index in [1.54, 1.807) is 0 Å². The Labute approximate surface area is 263 Å². The van der Waals surface area contributed by atoms with Crippen LogP contribution < -0.4 is 4.90 Å². The molecule has 8 aromatic rings. The lowest BCUT2D eigenvalue weighted by Gasteiger charge is -2.26. The minimum Gasteiger partial charge on any atom is -0.310 e. The van der Waals surface area contributed by atoms with Gasteiger partial charge in [0, 0.05) is 33.5 Å². The van der Waals surface area contributed by atoms with Crippen molar-refractivity contribution in [2.45, 2.75) is 6.42 Å². The predicted molar refractivity (Wildman–Crippen MR) is 189 cm³/mol. The first kappa shape index (κ1) is 25.6. The summed E-state index contributed by atoms with van der Waals surface area (Å²) in [5, 5.41) is 2.58. The lowest BCUT2D eigenvalue weighted by Crippen LogP contribution is -2.10. The molecule has 0 unspecified atom stereocenters. The number of para-hydroxylation sites is 3. The van der Waals surface area contributed by atoms with Gasteiger partial charge >= 0.3 is 0 Å². The highest BCUT2D eigenvalue weighted by Crippen LogP contribution is 2.43. The van der Waals surface area contributed by atoms with Crippen molar-refractivity contribution >= 4 is 38.9 Å². The maximum Gasteiger partial charge on any atom is 0.0541 e. The molecule has 1 aliphatic rings. The van der Waals surface area contributed by atoms with Crippen LogP contribution in [-0.2, 0) is 6.42 Å². The standard InChI is InChI=1S/C43H30N2/c1-3-11-30(12-4-1)31-19-21-35(22-20-31)44(34-13-5-2-6-14-34)36-23-25-38-32(28-36)27-33-29-37(24-26-39(33)38)45-42-17-9-7-15-40(42)41-16-8-10-18-43(41)45/h1-26,28-29H,27H2. The fourth-order valence-corrected chi connectivity index (χ4v) is 7.12. The van der Waals surface area contributed by atoms with Crippen LogP contribution in [0.2, 0.25) is 0 Å². The molecule has 212 valence electrons. The summed E-state index contributed by atoms with van der Waals surface area (Å²) in [5.41, 5.74) is 15.0. The molecule has 0 saturated carbocycles. The topological polar surface area (TPSA) is 8.17 Å². The minimum absolute atomic E-state index is 0.916. The Balaban J connectivity index is 1.10. The summed E-state index contributed by atoms with van der Waals surface area (Å²) in [6, 6.07) is 61.6. The van der Waals surface area contributed by atoms with Crippen molar-refractivity contribution in [1.29, 1.82) is 0 Å². The maximum atomic E-state index is 2.41. The van der Waals surface area contributed by atoms with Gasteiger partial charge in [0.05, 0.1) is 11.0 Å². The Morgan fingerprint density at radius 3 is 1.60 bits per heavy atom. The third kappa shape index (κ3) is 4.26. The average molecular weight is 575 g/mol. The molecule has 0 N–H and O–H groups in total. The number of benzene rings is 7. The van der Waals surface area contributed by atoms with Crippen molar-refractivity contribution in [3.8, 4) is 27.9 Å². The number of rotatable bonds is 5. The van der Waals surface area contributed by atoms with E-state index < -0.39 is 0 Å². The lowest BCUT2D eigenvalue weighted by atomic mass is 10.0. The van der Waals surface area contributed by atoms with Gasteiger partial charge in [0.25, 0.3) is 0 Å². The highest BCUT2D eigenvalue weighted by Gasteiger charge is 2.22. The number of aromatic nitrogens is 1. The monoisotopic (exact) mass is 574 g/mol. The van der Waals surface area contributed by atoms with E-state index in [0.717, 1.165) is 17.8 Å². The van der Waals surface area contributed by atoms with Crippen molar-refractivity contribution in [1.82, 2.24) is 4.57 Å². The molecule has 0 saturated heterocycles. The van der Waals surface area contributed by atoms with Gasteiger partial charge in [0.15, 0.2) is 0 Å². The smallest absolute Gasteiger partial charge is 0.0541 e. The van der Waals surface area contributed by atoms with Crippen molar-refractivity contribution in [2.75, 3.05) is 4.90 Å². The quantitative estimate of drug-likeness (QED) is 0.198. The molecule has 0 bridgehead atoms. The van der Waals surface area contributed by atoms with Crippen LogP contribution in [0.5, 0.6) is 0 Å². The zero-order valence-corrected chi connectivity index (χ0v) is 24.8. The molecule has 0 fully saturated rings. The fraction of sp³-hybridized carbons (Fsp3) is 0.0233. The second-order valence-electron chi connectivity index (χ2n) is 11.8. The van der Waals surface area contributed by atoms with E-state index in [4.69, 9.17) is 0 Å². The van der Waals surface area contributed by atoms with Gasteiger partial charge in [-0.3, -0.25) is 0 Å². The van der Waals surface area contributed by atoms with Crippen LogP contribution in [0.4, 0.5) is 17.1 Å². The number of nitrogens with zero attached hydrogens (tertiary/aromatic N) is 2.